The van der Waals surface area contributed by atoms with Gasteiger partial charge < -0.3 is 10.1 Å². The molecule has 120 valence electrons. The van der Waals surface area contributed by atoms with Crippen LogP contribution in [0.5, 0.6) is 0 Å². The van der Waals surface area contributed by atoms with Crippen molar-refractivity contribution < 1.29 is 9.53 Å². The Labute approximate surface area is 135 Å². The topological polar surface area (TPSA) is 63.2 Å². The SMILES string of the molecule is O=C(NCC1=CCCCC1)Nc1nc(C2CCOCC2)cs1. The minimum atomic E-state index is -0.167. The van der Waals surface area contributed by atoms with Crippen molar-refractivity contribution in [2.45, 2.75) is 44.4 Å². The largest absolute Gasteiger partial charge is 0.381 e. The summed E-state index contributed by atoms with van der Waals surface area (Å²) in [6.07, 6.45) is 9.02. The number of carbonyl (C=O) groups excluding carboxylic acids is 1. The normalized spacial score (nSPS) is 19.5. The molecule has 0 saturated carbocycles. The summed E-state index contributed by atoms with van der Waals surface area (Å²) in [6, 6.07) is -0.167. The first-order valence-corrected chi connectivity index (χ1v) is 8.95. The van der Waals surface area contributed by atoms with E-state index in [0.29, 0.717) is 17.6 Å². The zero-order valence-corrected chi connectivity index (χ0v) is 13.6. The zero-order valence-electron chi connectivity index (χ0n) is 12.8. The predicted molar refractivity (Wildman–Crippen MR) is 88.5 cm³/mol. The van der Waals surface area contributed by atoms with E-state index in [9.17, 15) is 4.79 Å². The van der Waals surface area contributed by atoms with Gasteiger partial charge >= 0.3 is 6.03 Å². The summed E-state index contributed by atoms with van der Waals surface area (Å²) in [5, 5.41) is 8.49. The lowest BCUT2D eigenvalue weighted by atomic mass is 9.98. The lowest BCUT2D eigenvalue weighted by Gasteiger charge is -2.19. The van der Waals surface area contributed by atoms with E-state index in [1.165, 1.54) is 29.8 Å². The van der Waals surface area contributed by atoms with E-state index >= 15 is 0 Å². The molecule has 0 bridgehead atoms. The third kappa shape index (κ3) is 4.30. The lowest BCUT2D eigenvalue weighted by molar-refractivity contribution is 0.0846. The van der Waals surface area contributed by atoms with E-state index in [0.717, 1.165) is 44.6 Å². The fourth-order valence-electron chi connectivity index (χ4n) is 2.92. The van der Waals surface area contributed by atoms with Gasteiger partial charge in [0.05, 0.1) is 5.69 Å². The summed E-state index contributed by atoms with van der Waals surface area (Å²) in [5.74, 6) is 0.469. The Hall–Kier alpha value is -1.40. The van der Waals surface area contributed by atoms with Crippen LogP contribution in [0.4, 0.5) is 9.93 Å². The molecule has 0 atom stereocenters. The second kappa shape index (κ2) is 7.74. The van der Waals surface area contributed by atoms with Crippen LogP contribution in [0.25, 0.3) is 0 Å². The number of rotatable bonds is 4. The Morgan fingerprint density at radius 1 is 1.36 bits per heavy atom. The smallest absolute Gasteiger partial charge is 0.321 e. The van der Waals surface area contributed by atoms with Crippen molar-refractivity contribution in [2.24, 2.45) is 0 Å². The van der Waals surface area contributed by atoms with Crippen molar-refractivity contribution in [3.8, 4) is 0 Å². The number of carbonyl (C=O) groups is 1. The van der Waals surface area contributed by atoms with Crippen LogP contribution in [0.15, 0.2) is 17.0 Å². The molecule has 0 spiro atoms. The number of urea groups is 1. The number of thiazole rings is 1. The molecule has 0 radical (unpaired) electrons. The predicted octanol–water partition coefficient (Wildman–Crippen LogP) is 3.66. The maximum atomic E-state index is 11.9. The average molecular weight is 321 g/mol. The van der Waals surface area contributed by atoms with Gasteiger partial charge in [-0.2, -0.15) is 0 Å². The van der Waals surface area contributed by atoms with Gasteiger partial charge in [0.15, 0.2) is 5.13 Å². The first kappa shape index (κ1) is 15.5. The number of anilines is 1. The number of hydrogen-bond acceptors (Lipinski definition) is 4. The number of hydrogen-bond donors (Lipinski definition) is 2. The fourth-order valence-corrected chi connectivity index (χ4v) is 3.71. The second-order valence-electron chi connectivity index (χ2n) is 5.88. The number of allylic oxidation sites excluding steroid dienone is 1. The molecule has 1 saturated heterocycles. The molecule has 3 rings (SSSR count). The highest BCUT2D eigenvalue weighted by molar-refractivity contribution is 7.13. The van der Waals surface area contributed by atoms with Gasteiger partial charge in [0.2, 0.25) is 0 Å². The highest BCUT2D eigenvalue weighted by atomic mass is 32.1. The Balaban J connectivity index is 1.47. The van der Waals surface area contributed by atoms with Crippen molar-refractivity contribution >= 4 is 22.5 Å². The minimum Gasteiger partial charge on any atom is -0.381 e. The highest BCUT2D eigenvalue weighted by Crippen LogP contribution is 2.29. The number of nitrogens with one attached hydrogen (secondary N) is 2. The van der Waals surface area contributed by atoms with Crippen molar-refractivity contribution in [3.05, 3.63) is 22.7 Å². The van der Waals surface area contributed by atoms with Gasteiger partial charge in [0, 0.05) is 31.1 Å². The standard InChI is InChI=1S/C16H23N3O2S/c20-15(17-10-12-4-2-1-3-5-12)19-16-18-14(11-22-16)13-6-8-21-9-7-13/h4,11,13H,1-3,5-10H2,(H2,17,18,19,20). The lowest BCUT2D eigenvalue weighted by Crippen LogP contribution is -2.30. The number of aromatic nitrogens is 1. The molecule has 2 N–H and O–H groups in total. The molecule has 6 heteroatoms. The van der Waals surface area contributed by atoms with Crippen LogP contribution in [0, 0.1) is 0 Å². The van der Waals surface area contributed by atoms with Crippen LogP contribution >= 0.6 is 11.3 Å². The van der Waals surface area contributed by atoms with Crippen molar-refractivity contribution in [1.29, 1.82) is 0 Å². The van der Waals surface area contributed by atoms with E-state index in [2.05, 4.69) is 27.1 Å². The molecule has 1 aromatic rings. The van der Waals surface area contributed by atoms with E-state index < -0.39 is 0 Å². The summed E-state index contributed by atoms with van der Waals surface area (Å²) in [5.41, 5.74) is 2.42. The van der Waals surface area contributed by atoms with Gasteiger partial charge in [-0.1, -0.05) is 11.6 Å². The molecule has 2 heterocycles. The van der Waals surface area contributed by atoms with E-state index in [1.54, 1.807) is 0 Å². The van der Waals surface area contributed by atoms with Crippen LogP contribution in [0.1, 0.15) is 50.1 Å². The monoisotopic (exact) mass is 321 g/mol. The minimum absolute atomic E-state index is 0.167. The third-order valence-electron chi connectivity index (χ3n) is 4.24. The van der Waals surface area contributed by atoms with Gasteiger partial charge in [0.1, 0.15) is 0 Å². The molecule has 0 aromatic carbocycles. The molecule has 1 fully saturated rings. The van der Waals surface area contributed by atoms with Gasteiger partial charge in [-0.3, -0.25) is 5.32 Å². The van der Waals surface area contributed by atoms with Gasteiger partial charge in [-0.15, -0.1) is 11.3 Å². The average Bonchev–Trinajstić information content (AvgIpc) is 3.03. The number of amides is 2. The summed E-state index contributed by atoms with van der Waals surface area (Å²) in [7, 11) is 0. The first-order valence-electron chi connectivity index (χ1n) is 8.07. The molecule has 0 unspecified atom stereocenters. The summed E-state index contributed by atoms with van der Waals surface area (Å²) in [6.45, 7) is 2.26. The van der Waals surface area contributed by atoms with Crippen molar-refractivity contribution in [3.63, 3.8) is 0 Å². The van der Waals surface area contributed by atoms with Crippen LogP contribution in [-0.2, 0) is 4.74 Å². The Bertz CT molecular complexity index is 535. The molecule has 2 amide bonds. The summed E-state index contributed by atoms with van der Waals surface area (Å²) in [4.78, 5) is 16.5. The zero-order chi connectivity index (χ0) is 15.2. The van der Waals surface area contributed by atoms with Crippen molar-refractivity contribution in [1.82, 2.24) is 10.3 Å². The molecule has 22 heavy (non-hydrogen) atoms. The third-order valence-corrected chi connectivity index (χ3v) is 5.02. The Morgan fingerprint density at radius 2 is 2.23 bits per heavy atom. The van der Waals surface area contributed by atoms with Crippen LogP contribution in [0.3, 0.4) is 0 Å². The van der Waals surface area contributed by atoms with E-state index in [-0.39, 0.29) is 6.03 Å². The molecule has 1 aliphatic heterocycles. The Morgan fingerprint density at radius 3 is 3.00 bits per heavy atom. The van der Waals surface area contributed by atoms with Crippen LogP contribution < -0.4 is 10.6 Å². The summed E-state index contributed by atoms with van der Waals surface area (Å²) >= 11 is 1.49. The quantitative estimate of drug-likeness (QED) is 0.832. The molecule has 2 aliphatic rings. The molecular formula is C16H23N3O2S. The number of ether oxygens (including phenoxy) is 1. The molecule has 1 aliphatic carbocycles. The molecular weight excluding hydrogens is 298 g/mol. The molecule has 5 nitrogen and oxygen atoms in total. The van der Waals surface area contributed by atoms with E-state index in [4.69, 9.17) is 4.74 Å². The van der Waals surface area contributed by atoms with E-state index in [1.807, 2.05) is 0 Å². The Kier molecular flexibility index (Phi) is 5.45. The van der Waals surface area contributed by atoms with Crippen LogP contribution in [-0.4, -0.2) is 30.8 Å². The maximum absolute atomic E-state index is 11.9. The second-order valence-corrected chi connectivity index (χ2v) is 6.74. The van der Waals surface area contributed by atoms with Crippen molar-refractivity contribution in [2.75, 3.05) is 25.1 Å². The summed E-state index contributed by atoms with van der Waals surface area (Å²) < 4.78 is 5.37. The van der Waals surface area contributed by atoms with Gasteiger partial charge in [0.25, 0.3) is 0 Å². The highest BCUT2D eigenvalue weighted by Gasteiger charge is 2.19. The van der Waals surface area contributed by atoms with Crippen LogP contribution in [0.2, 0.25) is 0 Å². The maximum Gasteiger partial charge on any atom is 0.321 e. The van der Waals surface area contributed by atoms with Gasteiger partial charge in [-0.05, 0) is 38.5 Å². The number of nitrogens with zero attached hydrogens (tertiary/aromatic N) is 1. The first-order chi connectivity index (χ1) is 10.8. The van der Waals surface area contributed by atoms with Gasteiger partial charge in [-0.25, -0.2) is 9.78 Å². The molecule has 1 aromatic heterocycles. The fraction of sp³-hybridized carbons (Fsp3) is 0.625.